The van der Waals surface area contributed by atoms with Crippen molar-refractivity contribution in [3.05, 3.63) is 71.3 Å². The van der Waals surface area contributed by atoms with E-state index in [2.05, 4.69) is 22.8 Å². The van der Waals surface area contributed by atoms with E-state index in [-0.39, 0.29) is 5.91 Å². The molecule has 1 atom stereocenters. The van der Waals surface area contributed by atoms with Crippen molar-refractivity contribution in [1.29, 1.82) is 0 Å². The highest BCUT2D eigenvalue weighted by Crippen LogP contribution is 2.39. The van der Waals surface area contributed by atoms with Crippen LogP contribution in [0.5, 0.6) is 17.2 Å². The summed E-state index contributed by atoms with van der Waals surface area (Å²) in [4.78, 5) is 26.4. The third-order valence-electron chi connectivity index (χ3n) is 6.22. The molecule has 0 radical (unpaired) electrons. The fraction of sp³-hybridized carbons (Fsp3) is 0.286. The van der Waals surface area contributed by atoms with Crippen LogP contribution in [0.4, 0.5) is 5.69 Å². The van der Waals surface area contributed by atoms with Gasteiger partial charge >= 0.3 is 0 Å². The molecule has 0 bridgehead atoms. The van der Waals surface area contributed by atoms with E-state index in [4.69, 9.17) is 14.2 Å². The summed E-state index contributed by atoms with van der Waals surface area (Å²) in [5, 5.41) is 5.87. The summed E-state index contributed by atoms with van der Waals surface area (Å²) in [7, 11) is 4.48. The molecule has 1 unspecified atom stereocenters. The van der Waals surface area contributed by atoms with Gasteiger partial charge in [-0.3, -0.25) is 9.59 Å². The predicted octanol–water partition coefficient (Wildman–Crippen LogP) is 4.77. The maximum Gasteiger partial charge on any atom is 0.252 e. The average Bonchev–Trinajstić information content (AvgIpc) is 3.27. The number of ether oxygens (including phenoxy) is 3. The largest absolute Gasteiger partial charge is 0.493 e. The van der Waals surface area contributed by atoms with Gasteiger partial charge in [-0.05, 0) is 71.4 Å². The van der Waals surface area contributed by atoms with Gasteiger partial charge in [-0.2, -0.15) is 11.8 Å². The summed E-state index contributed by atoms with van der Waals surface area (Å²) in [6.07, 6.45) is 3.29. The van der Waals surface area contributed by atoms with Gasteiger partial charge in [-0.15, -0.1) is 0 Å². The molecule has 0 saturated carbocycles. The number of methoxy groups -OCH3 is 3. The van der Waals surface area contributed by atoms with Crippen molar-refractivity contribution in [2.75, 3.05) is 38.7 Å². The third-order valence-corrected chi connectivity index (χ3v) is 6.86. The van der Waals surface area contributed by atoms with Gasteiger partial charge in [0.1, 0.15) is 6.04 Å². The van der Waals surface area contributed by atoms with Gasteiger partial charge in [0.15, 0.2) is 11.5 Å². The molecule has 4 rings (SSSR count). The minimum Gasteiger partial charge on any atom is -0.493 e. The number of hydrogen-bond acceptors (Lipinski definition) is 6. The van der Waals surface area contributed by atoms with E-state index in [1.807, 2.05) is 36.6 Å². The van der Waals surface area contributed by atoms with Crippen molar-refractivity contribution in [3.8, 4) is 28.4 Å². The molecular formula is C28H30N2O5S. The van der Waals surface area contributed by atoms with Gasteiger partial charge < -0.3 is 24.8 Å². The Morgan fingerprint density at radius 2 is 1.61 bits per heavy atom. The Morgan fingerprint density at radius 3 is 2.28 bits per heavy atom. The number of anilines is 1. The second-order valence-corrected chi connectivity index (χ2v) is 9.40. The summed E-state index contributed by atoms with van der Waals surface area (Å²) >= 11 is 1.62. The van der Waals surface area contributed by atoms with E-state index >= 15 is 0 Å². The summed E-state index contributed by atoms with van der Waals surface area (Å²) < 4.78 is 16.1. The predicted molar refractivity (Wildman–Crippen MR) is 144 cm³/mol. The highest BCUT2D eigenvalue weighted by atomic mass is 32.2. The van der Waals surface area contributed by atoms with Crippen LogP contribution in [-0.4, -0.2) is 51.2 Å². The van der Waals surface area contributed by atoms with Crippen molar-refractivity contribution in [2.24, 2.45) is 0 Å². The van der Waals surface area contributed by atoms with Crippen LogP contribution in [-0.2, 0) is 11.2 Å². The molecule has 0 spiro atoms. The van der Waals surface area contributed by atoms with Crippen LogP contribution in [0.15, 0.2) is 54.6 Å². The quantitative estimate of drug-likeness (QED) is 0.322. The van der Waals surface area contributed by atoms with Crippen LogP contribution in [0, 0.1) is 0 Å². The van der Waals surface area contributed by atoms with Gasteiger partial charge in [0.2, 0.25) is 11.7 Å². The number of nitrogens with one attached hydrogen (secondary N) is 2. The van der Waals surface area contributed by atoms with Crippen LogP contribution in [0.2, 0.25) is 0 Å². The van der Waals surface area contributed by atoms with Crippen molar-refractivity contribution >= 4 is 29.3 Å². The molecule has 0 fully saturated rings. The van der Waals surface area contributed by atoms with Crippen LogP contribution >= 0.6 is 11.8 Å². The zero-order valence-corrected chi connectivity index (χ0v) is 21.7. The molecule has 8 heteroatoms. The average molecular weight is 507 g/mol. The van der Waals surface area contributed by atoms with E-state index in [0.717, 1.165) is 6.42 Å². The summed E-state index contributed by atoms with van der Waals surface area (Å²) in [6.45, 7) is 0. The lowest BCUT2D eigenvalue weighted by molar-refractivity contribution is -0.118. The van der Waals surface area contributed by atoms with Crippen molar-refractivity contribution in [2.45, 2.75) is 18.9 Å². The van der Waals surface area contributed by atoms with Gasteiger partial charge in [-0.1, -0.05) is 30.3 Å². The normalized spacial score (nSPS) is 12.2. The maximum atomic E-state index is 13.2. The topological polar surface area (TPSA) is 85.9 Å². The molecular weight excluding hydrogens is 476 g/mol. The van der Waals surface area contributed by atoms with Crippen LogP contribution in [0.1, 0.15) is 27.9 Å². The Balaban J connectivity index is 1.51. The minimum atomic E-state index is -0.713. The van der Waals surface area contributed by atoms with Gasteiger partial charge in [-0.25, -0.2) is 0 Å². The summed E-state index contributed by atoms with van der Waals surface area (Å²) in [5.41, 5.74) is 5.91. The molecule has 7 nitrogen and oxygen atoms in total. The molecule has 188 valence electrons. The first kappa shape index (κ1) is 25.4. The van der Waals surface area contributed by atoms with E-state index in [0.29, 0.717) is 40.7 Å². The van der Waals surface area contributed by atoms with E-state index < -0.39 is 11.9 Å². The Labute approximate surface area is 215 Å². The molecule has 3 aromatic carbocycles. The third kappa shape index (κ3) is 5.28. The first-order chi connectivity index (χ1) is 17.5. The highest BCUT2D eigenvalue weighted by molar-refractivity contribution is 7.98. The van der Waals surface area contributed by atoms with E-state index in [1.54, 1.807) is 23.9 Å². The molecule has 1 aliphatic rings. The number of fused-ring (bicyclic) bond motifs is 3. The first-order valence-corrected chi connectivity index (χ1v) is 13.0. The van der Waals surface area contributed by atoms with Gasteiger partial charge in [0.05, 0.1) is 21.3 Å². The van der Waals surface area contributed by atoms with Crippen LogP contribution in [0.3, 0.4) is 0 Å². The minimum absolute atomic E-state index is 0.264. The molecule has 0 aromatic heterocycles. The lowest BCUT2D eigenvalue weighted by atomic mass is 10.1. The second-order valence-electron chi connectivity index (χ2n) is 8.42. The van der Waals surface area contributed by atoms with Gasteiger partial charge in [0, 0.05) is 11.3 Å². The number of thioether (sulfide) groups is 1. The molecule has 36 heavy (non-hydrogen) atoms. The number of carbonyl (C=O) groups excluding carboxylic acids is 2. The van der Waals surface area contributed by atoms with Crippen molar-refractivity contribution in [1.82, 2.24) is 5.32 Å². The standard InChI is InChI=1S/C28H30N2O5S/c1-33-24-15-19(16-25(34-2)26(24)35-3)27(31)30-23(11-12-36-4)28(32)29-20-9-10-22-18(14-20)13-17-7-5-6-8-21(17)22/h5-10,14-16,23H,11-13H2,1-4H3,(H,29,32)(H,30,31). The summed E-state index contributed by atoms with van der Waals surface area (Å²) in [5.74, 6) is 1.18. The first-order valence-electron chi connectivity index (χ1n) is 11.6. The smallest absolute Gasteiger partial charge is 0.252 e. The molecule has 2 amide bonds. The number of hydrogen-bond donors (Lipinski definition) is 2. The fourth-order valence-electron chi connectivity index (χ4n) is 4.41. The Kier molecular flexibility index (Phi) is 8.05. The SMILES string of the molecule is COc1cc(C(=O)NC(CCSC)C(=O)Nc2ccc3c(c2)Cc2ccccc2-3)cc(OC)c1OC. The number of carbonyl (C=O) groups is 2. The zero-order valence-electron chi connectivity index (χ0n) is 20.8. The van der Waals surface area contributed by atoms with Crippen molar-refractivity contribution < 1.29 is 23.8 Å². The lowest BCUT2D eigenvalue weighted by Crippen LogP contribution is -2.44. The van der Waals surface area contributed by atoms with E-state index in [1.165, 1.54) is 43.6 Å². The van der Waals surface area contributed by atoms with Gasteiger partial charge in [0.25, 0.3) is 5.91 Å². The lowest BCUT2D eigenvalue weighted by Gasteiger charge is -2.19. The summed E-state index contributed by atoms with van der Waals surface area (Å²) in [6, 6.07) is 16.7. The molecule has 0 saturated heterocycles. The zero-order chi connectivity index (χ0) is 25.7. The second kappa shape index (κ2) is 11.4. The highest BCUT2D eigenvalue weighted by Gasteiger charge is 2.24. The maximum absolute atomic E-state index is 13.2. The Bertz CT molecular complexity index is 1250. The molecule has 1 aliphatic carbocycles. The van der Waals surface area contributed by atoms with Crippen LogP contribution < -0.4 is 24.8 Å². The number of rotatable bonds is 10. The molecule has 2 N–H and O–H groups in total. The number of benzene rings is 3. The molecule has 0 aliphatic heterocycles. The molecule has 0 heterocycles. The number of amides is 2. The monoisotopic (exact) mass is 506 g/mol. The Hall–Kier alpha value is -3.65. The fourth-order valence-corrected chi connectivity index (χ4v) is 4.88. The van der Waals surface area contributed by atoms with E-state index in [9.17, 15) is 9.59 Å². The molecule has 3 aromatic rings. The van der Waals surface area contributed by atoms with Crippen LogP contribution in [0.25, 0.3) is 11.1 Å². The Morgan fingerprint density at radius 1 is 0.917 bits per heavy atom. The van der Waals surface area contributed by atoms with Crippen molar-refractivity contribution in [3.63, 3.8) is 0 Å².